The fraction of sp³-hybridized carbons (Fsp3) is 0.294. The molecule has 21 heavy (non-hydrogen) atoms. The Morgan fingerprint density at radius 2 is 2.00 bits per heavy atom. The standard InChI is InChI=1S/C17H19N3O/c1-11(2)20-16(6-7-18-20)17-14(10-21)9-13-5-4-12(3)8-15(13)19-17/h4-9,11,21H,10H2,1-3H3. The largest absolute Gasteiger partial charge is 0.392 e. The first-order chi connectivity index (χ1) is 10.1. The maximum atomic E-state index is 9.69. The maximum absolute atomic E-state index is 9.69. The van der Waals surface area contributed by atoms with Gasteiger partial charge in [-0.25, -0.2) is 4.98 Å². The third kappa shape index (κ3) is 2.43. The normalized spacial score (nSPS) is 11.5. The molecule has 3 rings (SSSR count). The van der Waals surface area contributed by atoms with Crippen molar-refractivity contribution in [1.82, 2.24) is 14.8 Å². The molecule has 0 fully saturated rings. The van der Waals surface area contributed by atoms with Crippen LogP contribution in [-0.2, 0) is 6.61 Å². The number of aliphatic hydroxyl groups is 1. The van der Waals surface area contributed by atoms with Gasteiger partial charge in [0, 0.05) is 23.2 Å². The Morgan fingerprint density at radius 3 is 2.71 bits per heavy atom. The molecule has 0 bridgehead atoms. The average molecular weight is 281 g/mol. The molecule has 0 spiro atoms. The van der Waals surface area contributed by atoms with Gasteiger partial charge in [0.15, 0.2) is 0 Å². The Morgan fingerprint density at radius 1 is 1.19 bits per heavy atom. The molecule has 1 N–H and O–H groups in total. The van der Waals surface area contributed by atoms with Gasteiger partial charge in [-0.15, -0.1) is 0 Å². The molecule has 4 heteroatoms. The van der Waals surface area contributed by atoms with Crippen molar-refractivity contribution in [3.05, 3.63) is 47.7 Å². The number of pyridine rings is 1. The van der Waals surface area contributed by atoms with E-state index in [2.05, 4.69) is 38.0 Å². The number of rotatable bonds is 3. The molecule has 1 aromatic carbocycles. The van der Waals surface area contributed by atoms with Gasteiger partial charge in [-0.05, 0) is 44.5 Å². The van der Waals surface area contributed by atoms with Crippen LogP contribution in [0, 0.1) is 6.92 Å². The molecule has 0 saturated carbocycles. The van der Waals surface area contributed by atoms with Crippen molar-refractivity contribution < 1.29 is 5.11 Å². The molecule has 0 atom stereocenters. The van der Waals surface area contributed by atoms with E-state index in [4.69, 9.17) is 4.98 Å². The Hall–Kier alpha value is -2.20. The van der Waals surface area contributed by atoms with E-state index in [9.17, 15) is 5.11 Å². The smallest absolute Gasteiger partial charge is 0.0945 e. The summed E-state index contributed by atoms with van der Waals surface area (Å²) >= 11 is 0. The second kappa shape index (κ2) is 5.30. The van der Waals surface area contributed by atoms with Crippen LogP contribution in [-0.4, -0.2) is 19.9 Å². The zero-order valence-corrected chi connectivity index (χ0v) is 12.5. The summed E-state index contributed by atoms with van der Waals surface area (Å²) < 4.78 is 1.93. The number of hydrogen-bond donors (Lipinski definition) is 1. The topological polar surface area (TPSA) is 50.9 Å². The van der Waals surface area contributed by atoms with Gasteiger partial charge in [0.2, 0.25) is 0 Å². The summed E-state index contributed by atoms with van der Waals surface area (Å²) in [6, 6.07) is 10.4. The first-order valence-electron chi connectivity index (χ1n) is 7.15. The van der Waals surface area contributed by atoms with Crippen molar-refractivity contribution in [2.75, 3.05) is 0 Å². The highest BCUT2D eigenvalue weighted by atomic mass is 16.3. The molecule has 0 amide bonds. The van der Waals surface area contributed by atoms with E-state index in [1.165, 1.54) is 5.56 Å². The SMILES string of the molecule is Cc1ccc2cc(CO)c(-c3ccnn3C(C)C)nc2c1. The molecule has 0 saturated heterocycles. The van der Waals surface area contributed by atoms with Gasteiger partial charge in [-0.2, -0.15) is 5.10 Å². The fourth-order valence-corrected chi connectivity index (χ4v) is 2.58. The van der Waals surface area contributed by atoms with Gasteiger partial charge in [0.1, 0.15) is 0 Å². The second-order valence-electron chi connectivity index (χ2n) is 5.61. The first-order valence-corrected chi connectivity index (χ1v) is 7.15. The summed E-state index contributed by atoms with van der Waals surface area (Å²) in [6.45, 7) is 6.19. The summed E-state index contributed by atoms with van der Waals surface area (Å²) in [5.74, 6) is 0. The molecule has 0 aliphatic heterocycles. The Bertz CT molecular complexity index is 790. The van der Waals surface area contributed by atoms with E-state index in [-0.39, 0.29) is 12.6 Å². The van der Waals surface area contributed by atoms with Crippen molar-refractivity contribution in [1.29, 1.82) is 0 Å². The number of fused-ring (bicyclic) bond motifs is 1. The number of hydrogen-bond acceptors (Lipinski definition) is 3. The predicted octanol–water partition coefficient (Wildman–Crippen LogP) is 3.48. The molecule has 4 nitrogen and oxygen atoms in total. The molecule has 108 valence electrons. The number of aromatic nitrogens is 3. The van der Waals surface area contributed by atoms with Crippen LogP contribution in [0.15, 0.2) is 36.5 Å². The highest BCUT2D eigenvalue weighted by molar-refractivity contribution is 5.83. The van der Waals surface area contributed by atoms with Crippen molar-refractivity contribution >= 4 is 10.9 Å². The molecular weight excluding hydrogens is 262 g/mol. The van der Waals surface area contributed by atoms with E-state index in [0.29, 0.717) is 0 Å². The second-order valence-corrected chi connectivity index (χ2v) is 5.61. The van der Waals surface area contributed by atoms with Crippen LogP contribution in [0.5, 0.6) is 0 Å². The lowest BCUT2D eigenvalue weighted by Gasteiger charge is -2.14. The van der Waals surface area contributed by atoms with E-state index in [1.807, 2.05) is 22.9 Å². The minimum Gasteiger partial charge on any atom is -0.392 e. The van der Waals surface area contributed by atoms with Gasteiger partial charge < -0.3 is 5.11 Å². The van der Waals surface area contributed by atoms with Crippen LogP contribution in [0.3, 0.4) is 0 Å². The Labute approximate surface area is 124 Å². The van der Waals surface area contributed by atoms with E-state index < -0.39 is 0 Å². The maximum Gasteiger partial charge on any atom is 0.0945 e. The van der Waals surface area contributed by atoms with Gasteiger partial charge in [0.05, 0.1) is 23.5 Å². The number of aliphatic hydroxyl groups excluding tert-OH is 1. The summed E-state index contributed by atoms with van der Waals surface area (Å²) in [7, 11) is 0. The van der Waals surface area contributed by atoms with Crippen LogP contribution in [0.2, 0.25) is 0 Å². The van der Waals surface area contributed by atoms with Crippen molar-refractivity contribution in [2.45, 2.75) is 33.4 Å². The predicted molar refractivity (Wildman–Crippen MR) is 84.0 cm³/mol. The van der Waals surface area contributed by atoms with Gasteiger partial charge >= 0.3 is 0 Å². The van der Waals surface area contributed by atoms with E-state index >= 15 is 0 Å². The zero-order valence-electron chi connectivity index (χ0n) is 12.5. The molecule has 2 aromatic heterocycles. The number of aryl methyl sites for hydroxylation is 1. The minimum atomic E-state index is -0.0323. The average Bonchev–Trinajstić information content (AvgIpc) is 2.95. The van der Waals surface area contributed by atoms with Crippen molar-refractivity contribution in [3.8, 4) is 11.4 Å². The van der Waals surface area contributed by atoms with Gasteiger partial charge in [0.25, 0.3) is 0 Å². The molecule has 0 unspecified atom stereocenters. The minimum absolute atomic E-state index is 0.0323. The van der Waals surface area contributed by atoms with Crippen LogP contribution >= 0.6 is 0 Å². The summed E-state index contributed by atoms with van der Waals surface area (Å²) in [5, 5.41) is 15.1. The zero-order chi connectivity index (χ0) is 15.0. The highest BCUT2D eigenvalue weighted by Crippen LogP contribution is 2.27. The third-order valence-corrected chi connectivity index (χ3v) is 3.62. The lowest BCUT2D eigenvalue weighted by Crippen LogP contribution is -2.07. The quantitative estimate of drug-likeness (QED) is 0.799. The number of nitrogens with zero attached hydrogens (tertiary/aromatic N) is 3. The van der Waals surface area contributed by atoms with Crippen LogP contribution in [0.25, 0.3) is 22.3 Å². The Kier molecular flexibility index (Phi) is 3.47. The Balaban J connectivity index is 2.27. The van der Waals surface area contributed by atoms with E-state index in [1.54, 1.807) is 6.20 Å². The van der Waals surface area contributed by atoms with Crippen LogP contribution < -0.4 is 0 Å². The van der Waals surface area contributed by atoms with E-state index in [0.717, 1.165) is 27.9 Å². The third-order valence-electron chi connectivity index (χ3n) is 3.62. The summed E-state index contributed by atoms with van der Waals surface area (Å²) in [4.78, 5) is 4.77. The molecule has 2 heterocycles. The fourth-order valence-electron chi connectivity index (χ4n) is 2.58. The molecule has 0 radical (unpaired) electrons. The van der Waals surface area contributed by atoms with Gasteiger partial charge in [-0.3, -0.25) is 4.68 Å². The molecular formula is C17H19N3O. The molecule has 3 aromatic rings. The highest BCUT2D eigenvalue weighted by Gasteiger charge is 2.14. The van der Waals surface area contributed by atoms with Crippen molar-refractivity contribution in [3.63, 3.8) is 0 Å². The monoisotopic (exact) mass is 281 g/mol. The lowest BCUT2D eigenvalue weighted by molar-refractivity contribution is 0.282. The summed E-state index contributed by atoms with van der Waals surface area (Å²) in [5.41, 5.74) is 4.70. The lowest BCUT2D eigenvalue weighted by atomic mass is 10.1. The number of benzene rings is 1. The van der Waals surface area contributed by atoms with Crippen molar-refractivity contribution in [2.24, 2.45) is 0 Å². The van der Waals surface area contributed by atoms with Crippen LogP contribution in [0.4, 0.5) is 0 Å². The molecule has 0 aliphatic carbocycles. The van der Waals surface area contributed by atoms with Gasteiger partial charge in [-0.1, -0.05) is 12.1 Å². The van der Waals surface area contributed by atoms with Crippen LogP contribution in [0.1, 0.15) is 31.0 Å². The molecule has 0 aliphatic rings. The summed E-state index contributed by atoms with van der Waals surface area (Å²) in [6.07, 6.45) is 1.78. The first kappa shape index (κ1) is 13.8.